The monoisotopic (exact) mass is 340 g/mol. The minimum absolute atomic E-state index is 0.137. The van der Waals surface area contributed by atoms with Gasteiger partial charge < -0.3 is 10.6 Å². The van der Waals surface area contributed by atoms with Crippen LogP contribution in [-0.4, -0.2) is 25.8 Å². The van der Waals surface area contributed by atoms with Crippen LogP contribution in [-0.2, 0) is 11.2 Å². The van der Waals surface area contributed by atoms with Crippen molar-refractivity contribution in [2.24, 2.45) is 0 Å². The molecular weight excluding hydrogens is 324 g/mol. The molecule has 0 atom stereocenters. The molecule has 24 heavy (non-hydrogen) atoms. The van der Waals surface area contributed by atoms with Crippen LogP contribution in [0, 0.1) is 13.8 Å². The van der Waals surface area contributed by atoms with Crippen molar-refractivity contribution < 1.29 is 4.79 Å². The Morgan fingerprint density at radius 3 is 2.71 bits per heavy atom. The molecule has 3 aromatic rings. The number of hydrogen-bond donors (Lipinski definition) is 2. The predicted molar refractivity (Wildman–Crippen MR) is 93.5 cm³/mol. The first kappa shape index (κ1) is 16.0. The number of nitrogens with one attached hydrogen (secondary N) is 2. The number of thiazole rings is 1. The number of carbonyl (C=O) groups is 1. The van der Waals surface area contributed by atoms with Gasteiger partial charge in [-0.05, 0) is 32.0 Å². The van der Waals surface area contributed by atoms with Crippen molar-refractivity contribution in [2.75, 3.05) is 10.6 Å². The number of aryl methyl sites for hydroxylation is 2. The molecule has 0 saturated carbocycles. The molecule has 8 heteroatoms. The first-order chi connectivity index (χ1) is 11.6. The lowest BCUT2D eigenvalue weighted by molar-refractivity contribution is -0.115. The van der Waals surface area contributed by atoms with Crippen LogP contribution in [0.3, 0.4) is 0 Å². The lowest BCUT2D eigenvalue weighted by Gasteiger charge is -2.03. The van der Waals surface area contributed by atoms with Gasteiger partial charge in [-0.15, -0.1) is 11.3 Å². The lowest BCUT2D eigenvalue weighted by atomic mass is 10.3. The Morgan fingerprint density at radius 2 is 2.00 bits per heavy atom. The van der Waals surface area contributed by atoms with E-state index in [1.165, 1.54) is 11.3 Å². The first-order valence-corrected chi connectivity index (χ1v) is 8.20. The molecule has 0 aromatic carbocycles. The van der Waals surface area contributed by atoms with Gasteiger partial charge in [0.25, 0.3) is 0 Å². The van der Waals surface area contributed by atoms with Crippen molar-refractivity contribution >= 4 is 34.0 Å². The number of carbonyl (C=O) groups excluding carboxylic acids is 1. The molecule has 0 unspecified atom stereocenters. The third-order valence-corrected chi connectivity index (χ3v) is 3.85. The van der Waals surface area contributed by atoms with Crippen LogP contribution >= 0.6 is 11.3 Å². The van der Waals surface area contributed by atoms with Gasteiger partial charge in [0.2, 0.25) is 11.9 Å². The molecule has 0 aliphatic carbocycles. The summed E-state index contributed by atoms with van der Waals surface area (Å²) < 4.78 is 0. The average molecular weight is 340 g/mol. The van der Waals surface area contributed by atoms with Crippen molar-refractivity contribution in [3.63, 3.8) is 0 Å². The highest BCUT2D eigenvalue weighted by Crippen LogP contribution is 2.19. The van der Waals surface area contributed by atoms with Gasteiger partial charge in [-0.25, -0.2) is 15.0 Å². The summed E-state index contributed by atoms with van der Waals surface area (Å²) in [5.74, 6) is 0.371. The second-order valence-electron chi connectivity index (χ2n) is 5.21. The fraction of sp³-hybridized carbons (Fsp3) is 0.188. The molecule has 7 nitrogen and oxygen atoms in total. The van der Waals surface area contributed by atoms with Gasteiger partial charge >= 0.3 is 0 Å². The molecule has 0 fully saturated rings. The molecule has 122 valence electrons. The number of hydrogen-bond acceptors (Lipinski definition) is 7. The summed E-state index contributed by atoms with van der Waals surface area (Å²) in [4.78, 5) is 29.0. The molecule has 0 radical (unpaired) electrons. The number of rotatable bonds is 5. The molecule has 0 saturated heterocycles. The summed E-state index contributed by atoms with van der Waals surface area (Å²) in [5, 5.41) is 8.35. The van der Waals surface area contributed by atoms with E-state index in [-0.39, 0.29) is 12.3 Å². The Morgan fingerprint density at radius 1 is 1.21 bits per heavy atom. The molecule has 3 aromatic heterocycles. The Balaban J connectivity index is 1.62. The predicted octanol–water partition coefficient (Wildman–Crippen LogP) is 2.87. The van der Waals surface area contributed by atoms with Crippen LogP contribution in [0.25, 0.3) is 0 Å². The molecule has 0 aliphatic heterocycles. The Kier molecular flexibility index (Phi) is 4.76. The maximum Gasteiger partial charge on any atom is 0.230 e. The molecule has 1 amide bonds. The zero-order valence-corrected chi connectivity index (χ0v) is 14.1. The molecule has 2 N–H and O–H groups in total. The van der Waals surface area contributed by atoms with E-state index < -0.39 is 0 Å². The highest BCUT2D eigenvalue weighted by molar-refractivity contribution is 7.13. The SMILES string of the molecule is Cc1cc(C)nc(Nc2nc(CC(=O)Nc3cccnc3)cs2)n1. The summed E-state index contributed by atoms with van der Waals surface area (Å²) in [5.41, 5.74) is 3.13. The zero-order valence-electron chi connectivity index (χ0n) is 13.3. The van der Waals surface area contributed by atoms with Crippen molar-refractivity contribution in [3.05, 3.63) is 53.1 Å². The smallest absolute Gasteiger partial charge is 0.230 e. The number of nitrogens with zero attached hydrogens (tertiary/aromatic N) is 4. The van der Waals surface area contributed by atoms with E-state index in [2.05, 4.69) is 30.6 Å². The van der Waals surface area contributed by atoms with Crippen LogP contribution in [0.15, 0.2) is 36.0 Å². The minimum atomic E-state index is -0.137. The largest absolute Gasteiger partial charge is 0.324 e. The number of amides is 1. The Hall–Kier alpha value is -2.87. The first-order valence-electron chi connectivity index (χ1n) is 7.32. The molecule has 3 heterocycles. The Labute approximate surface area is 143 Å². The van der Waals surface area contributed by atoms with E-state index >= 15 is 0 Å². The summed E-state index contributed by atoms with van der Waals surface area (Å²) >= 11 is 1.41. The van der Waals surface area contributed by atoms with Gasteiger partial charge in [0.15, 0.2) is 5.13 Å². The lowest BCUT2D eigenvalue weighted by Crippen LogP contribution is -2.14. The highest BCUT2D eigenvalue weighted by atomic mass is 32.1. The van der Waals surface area contributed by atoms with E-state index in [4.69, 9.17) is 0 Å². The number of pyridine rings is 1. The molecule has 0 aliphatic rings. The topological polar surface area (TPSA) is 92.7 Å². The normalized spacial score (nSPS) is 10.4. The summed E-state index contributed by atoms with van der Waals surface area (Å²) in [6, 6.07) is 5.46. The highest BCUT2D eigenvalue weighted by Gasteiger charge is 2.09. The minimum Gasteiger partial charge on any atom is -0.324 e. The van der Waals surface area contributed by atoms with Gasteiger partial charge in [-0.3, -0.25) is 9.78 Å². The van der Waals surface area contributed by atoms with Crippen molar-refractivity contribution in [2.45, 2.75) is 20.3 Å². The van der Waals surface area contributed by atoms with E-state index in [1.54, 1.807) is 24.5 Å². The van der Waals surface area contributed by atoms with Crippen LogP contribution in [0.1, 0.15) is 17.1 Å². The molecular formula is C16H16N6OS. The zero-order chi connectivity index (χ0) is 16.9. The summed E-state index contributed by atoms with van der Waals surface area (Å²) in [6.07, 6.45) is 3.45. The standard InChI is InChI=1S/C16H16N6OS/c1-10-6-11(2)19-15(18-10)22-16-21-13(9-24-16)7-14(23)20-12-4-3-5-17-8-12/h3-6,8-9H,7H2,1-2H3,(H,20,23)(H,18,19,21,22). The number of anilines is 3. The fourth-order valence-electron chi connectivity index (χ4n) is 2.13. The fourth-order valence-corrected chi connectivity index (χ4v) is 2.83. The van der Waals surface area contributed by atoms with Gasteiger partial charge in [0.1, 0.15) is 0 Å². The molecule has 0 bridgehead atoms. The average Bonchev–Trinajstić information content (AvgIpc) is 2.94. The van der Waals surface area contributed by atoms with Crippen LogP contribution in [0.4, 0.5) is 16.8 Å². The maximum atomic E-state index is 12.0. The molecule has 3 rings (SSSR count). The number of aromatic nitrogens is 4. The van der Waals surface area contributed by atoms with Crippen molar-refractivity contribution in [3.8, 4) is 0 Å². The summed E-state index contributed by atoms with van der Waals surface area (Å²) in [6.45, 7) is 3.83. The Bertz CT molecular complexity index is 829. The van der Waals surface area contributed by atoms with E-state index in [1.807, 2.05) is 25.3 Å². The van der Waals surface area contributed by atoms with Gasteiger partial charge in [0, 0.05) is 23.0 Å². The van der Waals surface area contributed by atoms with Crippen molar-refractivity contribution in [1.29, 1.82) is 0 Å². The van der Waals surface area contributed by atoms with Crippen LogP contribution < -0.4 is 10.6 Å². The maximum absolute atomic E-state index is 12.0. The van der Waals surface area contributed by atoms with E-state index in [0.29, 0.717) is 22.5 Å². The van der Waals surface area contributed by atoms with Crippen LogP contribution in [0.2, 0.25) is 0 Å². The van der Waals surface area contributed by atoms with Gasteiger partial charge in [-0.1, -0.05) is 0 Å². The quantitative estimate of drug-likeness (QED) is 0.742. The third-order valence-electron chi connectivity index (χ3n) is 3.04. The van der Waals surface area contributed by atoms with Gasteiger partial charge in [-0.2, -0.15) is 0 Å². The van der Waals surface area contributed by atoms with E-state index in [9.17, 15) is 4.79 Å². The third kappa shape index (κ3) is 4.32. The van der Waals surface area contributed by atoms with E-state index in [0.717, 1.165) is 11.4 Å². The second-order valence-corrected chi connectivity index (χ2v) is 6.07. The molecule has 0 spiro atoms. The van der Waals surface area contributed by atoms with Gasteiger partial charge in [0.05, 0.1) is 24.0 Å². The van der Waals surface area contributed by atoms with Crippen molar-refractivity contribution in [1.82, 2.24) is 19.9 Å². The second kappa shape index (κ2) is 7.14. The summed E-state index contributed by atoms with van der Waals surface area (Å²) in [7, 11) is 0. The van der Waals surface area contributed by atoms with Crippen LogP contribution in [0.5, 0.6) is 0 Å².